The van der Waals surface area contributed by atoms with Crippen LogP contribution >= 0.6 is 0 Å². The number of carboxylic acid groups (broad SMARTS) is 1. The second-order valence-electron chi connectivity index (χ2n) is 6.87. The quantitative estimate of drug-likeness (QED) is 0.659. The van der Waals surface area contributed by atoms with Gasteiger partial charge in [-0.25, -0.2) is 4.79 Å². The van der Waals surface area contributed by atoms with Crippen LogP contribution in [0.25, 0.3) is 0 Å². The lowest BCUT2D eigenvalue weighted by Crippen LogP contribution is -2.51. The zero-order chi connectivity index (χ0) is 17.6. The summed E-state index contributed by atoms with van der Waals surface area (Å²) >= 11 is 0. The summed E-state index contributed by atoms with van der Waals surface area (Å²) in [5, 5.41) is 14.7. The third-order valence-corrected chi connectivity index (χ3v) is 3.86. The summed E-state index contributed by atoms with van der Waals surface area (Å²) in [5.41, 5.74) is 0. The zero-order valence-electron chi connectivity index (χ0n) is 14.5. The van der Waals surface area contributed by atoms with Gasteiger partial charge >= 0.3 is 12.0 Å². The molecule has 1 saturated heterocycles. The number of urea groups is 1. The number of likely N-dealkylation sites (tertiary alicyclic amines) is 1. The number of hydrogen-bond acceptors (Lipinski definition) is 3. The highest BCUT2D eigenvalue weighted by atomic mass is 16.4. The van der Waals surface area contributed by atoms with Gasteiger partial charge < -0.3 is 20.6 Å². The molecule has 1 aliphatic heterocycles. The minimum atomic E-state index is -0.903. The van der Waals surface area contributed by atoms with Crippen molar-refractivity contribution in [3.05, 3.63) is 0 Å². The Bertz CT molecular complexity index is 437. The largest absolute Gasteiger partial charge is 0.481 e. The van der Waals surface area contributed by atoms with Crippen molar-refractivity contribution < 1.29 is 19.5 Å². The van der Waals surface area contributed by atoms with Crippen LogP contribution in [0.4, 0.5) is 4.79 Å². The predicted octanol–water partition coefficient (Wildman–Crippen LogP) is 1.43. The smallest absolute Gasteiger partial charge is 0.318 e. The number of amides is 3. The van der Waals surface area contributed by atoms with Crippen LogP contribution in [-0.4, -0.2) is 53.1 Å². The Hall–Kier alpha value is -1.79. The van der Waals surface area contributed by atoms with Gasteiger partial charge in [0, 0.05) is 19.1 Å². The summed E-state index contributed by atoms with van der Waals surface area (Å²) in [6.07, 6.45) is 1.90. The molecule has 0 spiro atoms. The van der Waals surface area contributed by atoms with E-state index in [1.165, 1.54) is 4.90 Å². The Morgan fingerprint density at radius 2 is 1.87 bits per heavy atom. The fourth-order valence-electron chi connectivity index (χ4n) is 2.79. The number of nitrogens with one attached hydrogen (secondary N) is 2. The fraction of sp³-hybridized carbons (Fsp3) is 0.812. The Morgan fingerprint density at radius 3 is 2.39 bits per heavy atom. The van der Waals surface area contributed by atoms with Crippen LogP contribution in [0, 0.1) is 11.8 Å². The second-order valence-corrected chi connectivity index (χ2v) is 6.87. The van der Waals surface area contributed by atoms with Crippen molar-refractivity contribution in [2.75, 3.05) is 13.1 Å². The first-order valence-electron chi connectivity index (χ1n) is 8.30. The maximum Gasteiger partial charge on any atom is 0.318 e. The molecule has 1 rings (SSSR count). The van der Waals surface area contributed by atoms with Crippen molar-refractivity contribution in [3.63, 3.8) is 0 Å². The van der Waals surface area contributed by atoms with Gasteiger partial charge in [0.15, 0.2) is 0 Å². The summed E-state index contributed by atoms with van der Waals surface area (Å²) in [6, 6.07) is -0.744. The maximum absolute atomic E-state index is 12.3. The van der Waals surface area contributed by atoms with Crippen molar-refractivity contribution >= 4 is 17.9 Å². The third-order valence-electron chi connectivity index (χ3n) is 3.86. The number of carbonyl (C=O) groups excluding carboxylic acids is 2. The molecule has 0 aromatic heterocycles. The number of nitrogens with zero attached hydrogens (tertiary/aromatic N) is 1. The van der Waals surface area contributed by atoms with Crippen molar-refractivity contribution in [2.24, 2.45) is 11.8 Å². The molecular weight excluding hydrogens is 298 g/mol. The van der Waals surface area contributed by atoms with E-state index in [9.17, 15) is 19.5 Å². The van der Waals surface area contributed by atoms with E-state index in [0.29, 0.717) is 19.4 Å². The average Bonchev–Trinajstić information content (AvgIpc) is 2.91. The second kappa shape index (κ2) is 8.74. The SMILES string of the molecule is CC(C)CC(CNC(=O)[C@@H]1CCCN1C(=O)NC(C)C)C(=O)O. The number of carbonyl (C=O) groups is 3. The molecule has 0 aromatic rings. The highest BCUT2D eigenvalue weighted by Crippen LogP contribution is 2.18. The molecule has 1 heterocycles. The maximum atomic E-state index is 12.3. The van der Waals surface area contributed by atoms with Crippen LogP contribution in [-0.2, 0) is 9.59 Å². The first kappa shape index (κ1) is 19.3. The van der Waals surface area contributed by atoms with Gasteiger partial charge in [0.25, 0.3) is 0 Å². The number of rotatable bonds is 7. The minimum Gasteiger partial charge on any atom is -0.481 e. The summed E-state index contributed by atoms with van der Waals surface area (Å²) in [6.45, 7) is 8.28. The molecule has 1 unspecified atom stereocenters. The lowest BCUT2D eigenvalue weighted by Gasteiger charge is -2.26. The van der Waals surface area contributed by atoms with Gasteiger partial charge in [-0.15, -0.1) is 0 Å². The summed E-state index contributed by atoms with van der Waals surface area (Å²) in [4.78, 5) is 37.2. The lowest BCUT2D eigenvalue weighted by atomic mass is 9.97. The molecule has 23 heavy (non-hydrogen) atoms. The van der Waals surface area contributed by atoms with Crippen LogP contribution in [0.1, 0.15) is 47.0 Å². The monoisotopic (exact) mass is 327 g/mol. The molecule has 0 radical (unpaired) electrons. The molecule has 1 aliphatic rings. The topological polar surface area (TPSA) is 98.7 Å². The normalized spacial score (nSPS) is 19.0. The molecule has 1 fully saturated rings. The Balaban J connectivity index is 2.58. The van der Waals surface area contributed by atoms with Gasteiger partial charge in [-0.3, -0.25) is 9.59 Å². The van der Waals surface area contributed by atoms with Gasteiger partial charge in [-0.1, -0.05) is 13.8 Å². The molecule has 0 bridgehead atoms. The van der Waals surface area contributed by atoms with E-state index in [4.69, 9.17) is 0 Å². The van der Waals surface area contributed by atoms with Gasteiger partial charge in [0.05, 0.1) is 5.92 Å². The molecule has 3 amide bonds. The summed E-state index contributed by atoms with van der Waals surface area (Å²) < 4.78 is 0. The van der Waals surface area contributed by atoms with Crippen molar-refractivity contribution in [1.82, 2.24) is 15.5 Å². The molecular formula is C16H29N3O4. The average molecular weight is 327 g/mol. The molecule has 7 heteroatoms. The molecule has 2 atom stereocenters. The highest BCUT2D eigenvalue weighted by molar-refractivity contribution is 5.88. The van der Waals surface area contributed by atoms with Gasteiger partial charge in [-0.2, -0.15) is 0 Å². The Labute approximate surface area is 137 Å². The lowest BCUT2D eigenvalue weighted by molar-refractivity contribution is -0.142. The van der Waals surface area contributed by atoms with E-state index < -0.39 is 17.9 Å². The number of carboxylic acids is 1. The molecule has 0 aliphatic carbocycles. The fourth-order valence-corrected chi connectivity index (χ4v) is 2.79. The third kappa shape index (κ3) is 6.08. The van der Waals surface area contributed by atoms with Crippen LogP contribution in [0.5, 0.6) is 0 Å². The van der Waals surface area contributed by atoms with E-state index in [1.54, 1.807) is 0 Å². The standard InChI is InChI=1S/C16H29N3O4/c1-10(2)8-12(15(21)22)9-17-14(20)13-6-5-7-19(13)16(23)18-11(3)4/h10-13H,5-9H2,1-4H3,(H,17,20)(H,18,23)(H,21,22)/t12?,13-/m0/s1. The van der Waals surface area contributed by atoms with E-state index in [2.05, 4.69) is 10.6 Å². The van der Waals surface area contributed by atoms with Crippen molar-refractivity contribution in [2.45, 2.75) is 59.0 Å². The minimum absolute atomic E-state index is 0.00856. The number of hydrogen-bond donors (Lipinski definition) is 3. The molecule has 0 saturated carbocycles. The first-order valence-corrected chi connectivity index (χ1v) is 8.30. The van der Waals surface area contributed by atoms with E-state index in [0.717, 1.165) is 6.42 Å². The van der Waals surface area contributed by atoms with Crippen LogP contribution < -0.4 is 10.6 Å². The highest BCUT2D eigenvalue weighted by Gasteiger charge is 2.34. The van der Waals surface area contributed by atoms with Gasteiger partial charge in [-0.05, 0) is 39.0 Å². The molecule has 3 N–H and O–H groups in total. The Morgan fingerprint density at radius 1 is 1.22 bits per heavy atom. The zero-order valence-corrected chi connectivity index (χ0v) is 14.5. The summed E-state index contributed by atoms with van der Waals surface area (Å²) in [5.74, 6) is -1.53. The van der Waals surface area contributed by atoms with Crippen molar-refractivity contribution in [3.8, 4) is 0 Å². The van der Waals surface area contributed by atoms with Gasteiger partial charge in [0.1, 0.15) is 6.04 Å². The van der Waals surface area contributed by atoms with Gasteiger partial charge in [0.2, 0.25) is 5.91 Å². The Kier molecular flexibility index (Phi) is 7.32. The predicted molar refractivity (Wildman–Crippen MR) is 87.0 cm³/mol. The molecule has 0 aromatic carbocycles. The van der Waals surface area contributed by atoms with Crippen LogP contribution in [0.3, 0.4) is 0 Å². The van der Waals surface area contributed by atoms with Crippen LogP contribution in [0.2, 0.25) is 0 Å². The molecule has 132 valence electrons. The van der Waals surface area contributed by atoms with E-state index in [1.807, 2.05) is 27.7 Å². The van der Waals surface area contributed by atoms with Crippen molar-refractivity contribution in [1.29, 1.82) is 0 Å². The van der Waals surface area contributed by atoms with E-state index >= 15 is 0 Å². The summed E-state index contributed by atoms with van der Waals surface area (Å²) in [7, 11) is 0. The molecule has 7 nitrogen and oxygen atoms in total. The first-order chi connectivity index (χ1) is 10.7. The van der Waals surface area contributed by atoms with Crippen LogP contribution in [0.15, 0.2) is 0 Å². The number of aliphatic carboxylic acids is 1. The van der Waals surface area contributed by atoms with E-state index in [-0.39, 0.29) is 30.4 Å².